The highest BCUT2D eigenvalue weighted by molar-refractivity contribution is 5.60. The van der Waals surface area contributed by atoms with Crippen molar-refractivity contribution in [2.24, 2.45) is 0 Å². The summed E-state index contributed by atoms with van der Waals surface area (Å²) in [5.41, 5.74) is 7.02. The molecule has 0 amide bonds. The van der Waals surface area contributed by atoms with E-state index in [-0.39, 0.29) is 0 Å². The summed E-state index contributed by atoms with van der Waals surface area (Å²) < 4.78 is 0. The van der Waals surface area contributed by atoms with Crippen molar-refractivity contribution in [2.45, 2.75) is 26.8 Å². The third kappa shape index (κ3) is 4.54. The monoisotopic (exact) mass is 422 g/mol. The molecule has 3 aromatic carbocycles. The van der Waals surface area contributed by atoms with E-state index in [0.29, 0.717) is 17.8 Å². The first-order valence-corrected chi connectivity index (χ1v) is 10.9. The molecular formula is C26H26N6. The molecule has 160 valence electrons. The molecule has 32 heavy (non-hydrogen) atoms. The topological polar surface area (TPSA) is 66.0 Å². The van der Waals surface area contributed by atoms with Crippen LogP contribution in [-0.4, -0.2) is 21.5 Å². The molecule has 6 nitrogen and oxygen atoms in total. The van der Waals surface area contributed by atoms with Crippen LogP contribution in [0.5, 0.6) is 0 Å². The number of aryl methyl sites for hydroxylation is 2. The number of fused-ring (bicyclic) bond motifs is 1. The minimum atomic E-state index is 0.521. The molecule has 0 aliphatic carbocycles. The van der Waals surface area contributed by atoms with E-state index < -0.39 is 0 Å². The van der Waals surface area contributed by atoms with Crippen molar-refractivity contribution in [3.8, 4) is 0 Å². The highest BCUT2D eigenvalue weighted by Gasteiger charge is 2.20. The molecule has 0 atom stereocenters. The van der Waals surface area contributed by atoms with Crippen molar-refractivity contribution in [1.82, 2.24) is 15.0 Å². The second-order valence-corrected chi connectivity index (χ2v) is 8.20. The molecule has 0 bridgehead atoms. The molecule has 0 unspecified atom stereocenters. The Bertz CT molecular complexity index is 1150. The Morgan fingerprint density at radius 1 is 0.656 bits per heavy atom. The van der Waals surface area contributed by atoms with E-state index >= 15 is 0 Å². The Kier molecular flexibility index (Phi) is 5.42. The third-order valence-corrected chi connectivity index (χ3v) is 5.65. The molecule has 1 aromatic heterocycles. The minimum absolute atomic E-state index is 0.521. The molecule has 0 saturated carbocycles. The van der Waals surface area contributed by atoms with Gasteiger partial charge in [-0.1, -0.05) is 59.7 Å². The molecule has 0 radical (unpaired) electrons. The third-order valence-electron chi connectivity index (χ3n) is 5.65. The van der Waals surface area contributed by atoms with Crippen molar-refractivity contribution in [2.75, 3.05) is 22.1 Å². The molecular weight excluding hydrogens is 396 g/mol. The van der Waals surface area contributed by atoms with Gasteiger partial charge in [0, 0.05) is 24.5 Å². The van der Waals surface area contributed by atoms with Crippen molar-refractivity contribution in [3.05, 3.63) is 95.1 Å². The molecule has 6 heteroatoms. The first kappa shape index (κ1) is 20.0. The van der Waals surface area contributed by atoms with Crippen LogP contribution in [0.4, 0.5) is 29.2 Å². The number of anilines is 5. The van der Waals surface area contributed by atoms with Gasteiger partial charge in [-0.05, 0) is 55.7 Å². The van der Waals surface area contributed by atoms with Crippen LogP contribution in [0.1, 0.15) is 22.3 Å². The summed E-state index contributed by atoms with van der Waals surface area (Å²) in [6.07, 6.45) is 0.976. The van der Waals surface area contributed by atoms with Crippen molar-refractivity contribution in [1.29, 1.82) is 0 Å². The Morgan fingerprint density at radius 2 is 1.19 bits per heavy atom. The molecule has 1 aliphatic heterocycles. The second-order valence-electron chi connectivity index (χ2n) is 8.20. The van der Waals surface area contributed by atoms with E-state index in [1.165, 1.54) is 22.3 Å². The number of benzene rings is 3. The Hall–Kier alpha value is -3.93. The summed E-state index contributed by atoms with van der Waals surface area (Å²) in [6, 6.07) is 25.0. The zero-order valence-electron chi connectivity index (χ0n) is 18.3. The Morgan fingerprint density at radius 3 is 1.75 bits per heavy atom. The standard InChI is InChI=1S/C26H26N6/c1-18-7-11-22(12-8-18)27-24-29-25(28-23-13-9-19(2)10-14-23)31-26(30-24)32-16-15-20-5-3-4-6-21(20)17-32/h3-14H,15-17H2,1-2H3,(H2,27,28,29,30,31). The van der Waals surface area contributed by atoms with Crippen LogP contribution in [0.2, 0.25) is 0 Å². The van der Waals surface area contributed by atoms with E-state index in [1.54, 1.807) is 0 Å². The van der Waals surface area contributed by atoms with E-state index in [0.717, 1.165) is 30.9 Å². The minimum Gasteiger partial charge on any atom is -0.336 e. The predicted octanol–water partition coefficient (Wildman–Crippen LogP) is 5.54. The summed E-state index contributed by atoms with van der Waals surface area (Å²) in [4.78, 5) is 16.4. The number of aromatic nitrogens is 3. The van der Waals surface area contributed by atoms with Gasteiger partial charge in [0.2, 0.25) is 17.8 Å². The maximum atomic E-state index is 4.76. The van der Waals surface area contributed by atoms with Gasteiger partial charge in [-0.25, -0.2) is 0 Å². The van der Waals surface area contributed by atoms with Crippen LogP contribution in [-0.2, 0) is 13.0 Å². The summed E-state index contributed by atoms with van der Waals surface area (Å²) in [5, 5.41) is 6.67. The van der Waals surface area contributed by atoms with E-state index in [4.69, 9.17) is 9.97 Å². The van der Waals surface area contributed by atoms with Crippen LogP contribution >= 0.6 is 0 Å². The number of rotatable bonds is 5. The van der Waals surface area contributed by atoms with Crippen molar-refractivity contribution >= 4 is 29.2 Å². The highest BCUT2D eigenvalue weighted by Crippen LogP contribution is 2.25. The normalized spacial score (nSPS) is 12.9. The summed E-state index contributed by atoms with van der Waals surface area (Å²) in [6.45, 7) is 5.80. The van der Waals surface area contributed by atoms with E-state index in [2.05, 4.69) is 82.9 Å². The van der Waals surface area contributed by atoms with E-state index in [9.17, 15) is 0 Å². The van der Waals surface area contributed by atoms with Crippen LogP contribution in [0.25, 0.3) is 0 Å². The van der Waals surface area contributed by atoms with Crippen LogP contribution in [0, 0.1) is 13.8 Å². The predicted molar refractivity (Wildman–Crippen MR) is 130 cm³/mol. The van der Waals surface area contributed by atoms with Gasteiger partial charge < -0.3 is 15.5 Å². The van der Waals surface area contributed by atoms with Gasteiger partial charge in [0.15, 0.2) is 0 Å². The Balaban J connectivity index is 1.47. The smallest absolute Gasteiger partial charge is 0.233 e. The fourth-order valence-electron chi connectivity index (χ4n) is 3.82. The highest BCUT2D eigenvalue weighted by atomic mass is 15.3. The summed E-state index contributed by atoms with van der Waals surface area (Å²) >= 11 is 0. The number of nitrogens with zero attached hydrogens (tertiary/aromatic N) is 4. The molecule has 1 aliphatic rings. The van der Waals surface area contributed by atoms with Gasteiger partial charge >= 0.3 is 0 Å². The second kappa shape index (κ2) is 8.67. The lowest BCUT2D eigenvalue weighted by atomic mass is 10.0. The maximum Gasteiger partial charge on any atom is 0.233 e. The van der Waals surface area contributed by atoms with E-state index in [1.807, 2.05) is 24.3 Å². The average Bonchev–Trinajstić information content (AvgIpc) is 2.82. The van der Waals surface area contributed by atoms with Gasteiger partial charge in [0.1, 0.15) is 0 Å². The SMILES string of the molecule is Cc1ccc(Nc2nc(Nc3ccc(C)cc3)nc(N3CCc4ccccc4C3)n2)cc1. The van der Waals surface area contributed by atoms with Gasteiger partial charge in [0.05, 0.1) is 0 Å². The van der Waals surface area contributed by atoms with Gasteiger partial charge in [0.25, 0.3) is 0 Å². The molecule has 2 N–H and O–H groups in total. The molecule has 4 aromatic rings. The molecule has 2 heterocycles. The summed E-state index contributed by atoms with van der Waals surface area (Å²) in [7, 11) is 0. The van der Waals surface area contributed by atoms with Crippen molar-refractivity contribution < 1.29 is 0 Å². The quantitative estimate of drug-likeness (QED) is 0.440. The van der Waals surface area contributed by atoms with Crippen LogP contribution < -0.4 is 15.5 Å². The number of hydrogen-bond acceptors (Lipinski definition) is 6. The van der Waals surface area contributed by atoms with Crippen molar-refractivity contribution in [3.63, 3.8) is 0 Å². The largest absolute Gasteiger partial charge is 0.336 e. The molecule has 0 spiro atoms. The van der Waals surface area contributed by atoms with Gasteiger partial charge in [-0.15, -0.1) is 0 Å². The maximum absolute atomic E-state index is 4.76. The lowest BCUT2D eigenvalue weighted by Gasteiger charge is -2.29. The molecule has 5 rings (SSSR count). The summed E-state index contributed by atoms with van der Waals surface area (Å²) in [5.74, 6) is 1.71. The van der Waals surface area contributed by atoms with Crippen LogP contribution in [0.3, 0.4) is 0 Å². The first-order valence-electron chi connectivity index (χ1n) is 10.9. The van der Waals surface area contributed by atoms with Gasteiger partial charge in [-0.2, -0.15) is 15.0 Å². The number of hydrogen-bond donors (Lipinski definition) is 2. The van der Waals surface area contributed by atoms with Crippen LogP contribution in [0.15, 0.2) is 72.8 Å². The lowest BCUT2D eigenvalue weighted by molar-refractivity contribution is 0.706. The average molecular weight is 423 g/mol. The zero-order chi connectivity index (χ0) is 21.9. The fraction of sp³-hybridized carbons (Fsp3) is 0.192. The molecule has 0 saturated heterocycles. The zero-order valence-corrected chi connectivity index (χ0v) is 18.3. The number of nitrogens with one attached hydrogen (secondary N) is 2. The lowest BCUT2D eigenvalue weighted by Crippen LogP contribution is -2.32. The van der Waals surface area contributed by atoms with Gasteiger partial charge in [-0.3, -0.25) is 0 Å². The first-order chi connectivity index (χ1) is 15.6. The fourth-order valence-corrected chi connectivity index (χ4v) is 3.82. The Labute approximate surface area is 188 Å². The molecule has 0 fully saturated rings.